The molecule has 2 aliphatic carbocycles. The summed E-state index contributed by atoms with van der Waals surface area (Å²) in [7, 11) is -2.16. The Balaban J connectivity index is 0.988. The molecule has 0 radical (unpaired) electrons. The molecule has 5 heterocycles. The minimum Gasteiger partial charge on any atom is -0.444 e. The Morgan fingerprint density at radius 1 is 0.910 bits per heavy atom. The molecule has 1 saturated carbocycles. The van der Waals surface area contributed by atoms with Crippen LogP contribution >= 0.6 is 0 Å². The van der Waals surface area contributed by atoms with Gasteiger partial charge in [-0.1, -0.05) is 18.6 Å². The minimum absolute atomic E-state index is 0.119. The Bertz CT molecular complexity index is 2690. The summed E-state index contributed by atoms with van der Waals surface area (Å²) in [5.41, 5.74) is 3.81. The Kier molecular flexibility index (Phi) is 13.3. The summed E-state index contributed by atoms with van der Waals surface area (Å²) in [4.78, 5) is 96.1. The van der Waals surface area contributed by atoms with Gasteiger partial charge in [-0.2, -0.15) is 0 Å². The molecule has 2 fully saturated rings. The van der Waals surface area contributed by atoms with Crippen molar-refractivity contribution in [1.29, 1.82) is 0 Å². The number of sulfone groups is 1. The Labute approximate surface area is 389 Å². The second kappa shape index (κ2) is 18.8. The number of rotatable bonds is 16. The van der Waals surface area contributed by atoms with Crippen molar-refractivity contribution in [3.05, 3.63) is 91.6 Å². The molecule has 67 heavy (non-hydrogen) atoms. The third-order valence-corrected chi connectivity index (χ3v) is 13.8. The number of ether oxygens (including phenoxy) is 1. The number of aryl methyl sites for hydroxylation is 2. The maximum atomic E-state index is 14.7. The number of piperidine rings is 1. The van der Waals surface area contributed by atoms with E-state index in [-0.39, 0.29) is 53.9 Å². The van der Waals surface area contributed by atoms with Gasteiger partial charge in [0.05, 0.1) is 28.6 Å². The van der Waals surface area contributed by atoms with Crippen LogP contribution in [0.1, 0.15) is 105 Å². The Morgan fingerprint density at radius 2 is 1.67 bits per heavy atom. The van der Waals surface area contributed by atoms with Crippen molar-refractivity contribution in [3.63, 3.8) is 0 Å². The normalized spacial score (nSPS) is 21.2. The van der Waals surface area contributed by atoms with E-state index in [1.54, 1.807) is 46.1 Å². The van der Waals surface area contributed by atoms with E-state index in [0.29, 0.717) is 72.8 Å². The summed E-state index contributed by atoms with van der Waals surface area (Å²) in [6, 6.07) is 5.47. The van der Waals surface area contributed by atoms with Crippen LogP contribution in [-0.2, 0) is 53.8 Å². The van der Waals surface area contributed by atoms with Gasteiger partial charge in [-0.3, -0.25) is 34.1 Å². The minimum atomic E-state index is -3.76. The predicted octanol–water partition coefficient (Wildman–Crippen LogP) is 2.18. The quantitative estimate of drug-likeness (QED) is 0.120. The summed E-state index contributed by atoms with van der Waals surface area (Å²) >= 11 is 0. The van der Waals surface area contributed by atoms with Gasteiger partial charge < -0.3 is 40.4 Å². The molecular weight excluding hydrogens is 881 g/mol. The second-order valence-corrected chi connectivity index (χ2v) is 21.7. The highest BCUT2D eigenvalue weighted by atomic mass is 32.2. The molecule has 0 spiro atoms. The van der Waals surface area contributed by atoms with Gasteiger partial charge in [0, 0.05) is 88.0 Å². The van der Waals surface area contributed by atoms with Gasteiger partial charge in [0.25, 0.3) is 17.4 Å². The van der Waals surface area contributed by atoms with E-state index in [0.717, 1.165) is 49.5 Å². The van der Waals surface area contributed by atoms with Crippen molar-refractivity contribution in [2.75, 3.05) is 38.2 Å². The average Bonchev–Trinajstić information content (AvgIpc) is 3.94. The van der Waals surface area contributed by atoms with Gasteiger partial charge in [-0.25, -0.2) is 13.2 Å². The number of hydrogen-bond donors (Lipinski definition) is 5. The van der Waals surface area contributed by atoms with Crippen LogP contribution < -0.4 is 32.1 Å². The van der Waals surface area contributed by atoms with E-state index in [1.807, 2.05) is 18.3 Å². The van der Waals surface area contributed by atoms with E-state index in [4.69, 9.17) is 4.74 Å². The first-order valence-electron chi connectivity index (χ1n) is 23.2. The monoisotopic (exact) mass is 940 g/mol. The molecule has 6 amide bonds. The summed E-state index contributed by atoms with van der Waals surface area (Å²) in [5.74, 6) is -1.90. The van der Waals surface area contributed by atoms with E-state index >= 15 is 0 Å². The fraction of sp³-hybridized carbons (Fsp3) is 0.521. The third-order valence-electron chi connectivity index (χ3n) is 13.0. The molecule has 358 valence electrons. The molecular formula is C48H60N8O10S. The van der Waals surface area contributed by atoms with Crippen LogP contribution in [0.15, 0.2) is 58.2 Å². The van der Waals surface area contributed by atoms with Crippen molar-refractivity contribution in [2.45, 2.75) is 109 Å². The number of amides is 6. The van der Waals surface area contributed by atoms with Crippen LogP contribution in [0.25, 0.3) is 11.3 Å². The lowest BCUT2D eigenvalue weighted by molar-refractivity contribution is -0.137. The summed E-state index contributed by atoms with van der Waals surface area (Å²) in [6.45, 7) is 6.77. The molecule has 0 bridgehead atoms. The second-order valence-electron chi connectivity index (χ2n) is 19.5. The smallest absolute Gasteiger partial charge is 0.407 e. The molecule has 6 aliphatic rings. The highest BCUT2D eigenvalue weighted by Gasteiger charge is 2.47. The fourth-order valence-corrected chi connectivity index (χ4v) is 10.5. The zero-order chi connectivity index (χ0) is 47.9. The highest BCUT2D eigenvalue weighted by Crippen LogP contribution is 2.48. The first-order valence-corrected chi connectivity index (χ1v) is 25.2. The number of nitrogens with one attached hydrogen (secondary N) is 5. The Hall–Kier alpha value is -6.24. The van der Waals surface area contributed by atoms with E-state index in [2.05, 4.69) is 31.5 Å². The van der Waals surface area contributed by atoms with Crippen molar-refractivity contribution < 1.29 is 41.9 Å². The van der Waals surface area contributed by atoms with Gasteiger partial charge in [0.2, 0.25) is 17.7 Å². The molecule has 1 aromatic heterocycles. The van der Waals surface area contributed by atoms with Crippen molar-refractivity contribution in [1.82, 2.24) is 41.0 Å². The van der Waals surface area contributed by atoms with E-state index < -0.39 is 62.8 Å². The lowest BCUT2D eigenvalue weighted by Gasteiger charge is -2.36. The van der Waals surface area contributed by atoms with Gasteiger partial charge in [-0.15, -0.1) is 0 Å². The standard InChI is InChI=1S/C48H60N8O10S/c1-48(2,3)66-47(63)51-19-18-50-42(58)34-22-36-39-32(25-55(36)23-28-10-11-28)38(33(26-67(5,64)65)31-16-20-54(4)46(62)40(31)41(39)52-34)44(60)49-17-8-6-7-9-27-12-13-30-29(21-27)24-56(45(30)61)35-14-15-37(57)53-43(35)59/h12-13,16,20-21,25,28,34-36,52H,6-11,14-15,17-19,22-24,26H2,1-5H3,(H,49,60)(H,50,58)(H,51,63)(H,53,57,59). The third kappa shape index (κ3) is 10.5. The zero-order valence-corrected chi connectivity index (χ0v) is 39.5. The van der Waals surface area contributed by atoms with Crippen LogP contribution in [0.5, 0.6) is 0 Å². The fourth-order valence-electron chi connectivity index (χ4n) is 9.70. The van der Waals surface area contributed by atoms with Crippen LogP contribution in [0.2, 0.25) is 0 Å². The number of carbonyl (C=O) groups is 6. The molecule has 19 heteroatoms. The van der Waals surface area contributed by atoms with Gasteiger partial charge in [0.1, 0.15) is 17.7 Å². The zero-order valence-electron chi connectivity index (χ0n) is 38.7. The number of carbonyl (C=O) groups excluding carboxylic acids is 6. The lowest BCUT2D eigenvalue weighted by Crippen LogP contribution is -2.52. The van der Waals surface area contributed by atoms with Crippen LogP contribution in [-0.4, -0.2) is 120 Å². The SMILES string of the molecule is Cn1ccc2c(c1=O)C1=C3C(=CN(CC4CC4)C3CC(C(=O)NCCNC(=O)OC(C)(C)C)N1)C(C(=O)NCCCCCc1ccc3c(c1)CN(C1CCC(=O)NC1=O)C3=O)=C2CS(C)(=O)=O. The molecule has 3 unspecified atom stereocenters. The molecule has 2 aromatic rings. The van der Waals surface area contributed by atoms with Crippen molar-refractivity contribution in [2.24, 2.45) is 13.0 Å². The molecule has 18 nitrogen and oxygen atoms in total. The number of benzene rings is 1. The predicted molar refractivity (Wildman–Crippen MR) is 248 cm³/mol. The summed E-state index contributed by atoms with van der Waals surface area (Å²) in [6.07, 6.45) is 9.70. The largest absolute Gasteiger partial charge is 0.444 e. The molecule has 1 aromatic carbocycles. The molecule has 4 aliphatic heterocycles. The lowest BCUT2D eigenvalue weighted by atomic mass is 9.86. The average molecular weight is 941 g/mol. The number of unbranched alkanes of at least 4 members (excludes halogenated alkanes) is 2. The number of nitrogens with zero attached hydrogens (tertiary/aromatic N) is 3. The van der Waals surface area contributed by atoms with E-state index in [1.165, 1.54) is 9.47 Å². The number of imide groups is 1. The maximum absolute atomic E-state index is 14.7. The number of aromatic nitrogens is 1. The maximum Gasteiger partial charge on any atom is 0.407 e. The number of alkyl carbamates (subject to hydrolysis) is 1. The van der Waals surface area contributed by atoms with Gasteiger partial charge >= 0.3 is 6.09 Å². The molecule has 3 atom stereocenters. The Morgan fingerprint density at radius 3 is 2.39 bits per heavy atom. The van der Waals surface area contributed by atoms with Crippen LogP contribution in [0.4, 0.5) is 4.79 Å². The van der Waals surface area contributed by atoms with Crippen LogP contribution in [0, 0.1) is 5.92 Å². The number of fused-ring (bicyclic) bond motifs is 3. The topological polar surface area (TPSA) is 234 Å². The van der Waals surface area contributed by atoms with Crippen molar-refractivity contribution in [3.8, 4) is 0 Å². The first-order chi connectivity index (χ1) is 31.8. The molecule has 8 rings (SSSR count). The highest BCUT2D eigenvalue weighted by molar-refractivity contribution is 7.91. The molecule has 1 saturated heterocycles. The van der Waals surface area contributed by atoms with Crippen molar-refractivity contribution >= 4 is 56.7 Å². The number of hydrogen-bond acceptors (Lipinski definition) is 12. The van der Waals surface area contributed by atoms with E-state index in [9.17, 15) is 42.0 Å². The van der Waals surface area contributed by atoms with Gasteiger partial charge in [0.15, 0.2) is 9.84 Å². The molecule has 5 N–H and O–H groups in total. The summed E-state index contributed by atoms with van der Waals surface area (Å²) < 4.78 is 33.2. The van der Waals surface area contributed by atoms with Gasteiger partial charge in [-0.05, 0) is 99.6 Å². The first kappa shape index (κ1) is 47.3. The summed E-state index contributed by atoms with van der Waals surface area (Å²) in [5, 5.41) is 14.3. The number of pyridine rings is 1. The van der Waals surface area contributed by atoms with Crippen LogP contribution in [0.3, 0.4) is 0 Å².